The summed E-state index contributed by atoms with van der Waals surface area (Å²) in [7, 11) is 0. The second-order valence-electron chi connectivity index (χ2n) is 3.02. The van der Waals surface area contributed by atoms with Crippen LogP contribution in [-0.2, 0) is 6.54 Å². The van der Waals surface area contributed by atoms with E-state index in [0.29, 0.717) is 6.42 Å². The van der Waals surface area contributed by atoms with Crippen molar-refractivity contribution in [2.75, 3.05) is 5.75 Å². The van der Waals surface area contributed by atoms with Crippen molar-refractivity contribution in [1.29, 1.82) is 5.26 Å². The number of hydrogen-bond donors (Lipinski definition) is 0. The molecule has 0 aromatic carbocycles. The van der Waals surface area contributed by atoms with Gasteiger partial charge in [0.15, 0.2) is 5.16 Å². The van der Waals surface area contributed by atoms with Gasteiger partial charge in [-0.1, -0.05) is 17.8 Å². The van der Waals surface area contributed by atoms with Gasteiger partial charge in [0.25, 0.3) is 0 Å². The maximum Gasteiger partial charge on any atom is 0.191 e. The lowest BCUT2D eigenvalue weighted by atomic mass is 10.3. The van der Waals surface area contributed by atoms with Crippen LogP contribution in [0.5, 0.6) is 0 Å². The van der Waals surface area contributed by atoms with Gasteiger partial charge in [-0.3, -0.25) is 0 Å². The van der Waals surface area contributed by atoms with Crippen LogP contribution in [0.2, 0.25) is 0 Å². The lowest BCUT2D eigenvalue weighted by Crippen LogP contribution is -1.96. The number of allylic oxidation sites excluding steroid dienone is 1. The summed E-state index contributed by atoms with van der Waals surface area (Å²) in [5.41, 5.74) is 0. The summed E-state index contributed by atoms with van der Waals surface area (Å²) in [6.07, 6.45) is 6.17. The van der Waals surface area contributed by atoms with Gasteiger partial charge < -0.3 is 4.57 Å². The van der Waals surface area contributed by atoms with Crippen LogP contribution < -0.4 is 0 Å². The standard InChI is InChI=1S/C10H14N4S/c1-2-7-14-9-12-13-10(14)15-8-5-3-4-6-11/h2,9H,1,3-5,7-8H2. The Bertz CT molecular complexity index is 339. The summed E-state index contributed by atoms with van der Waals surface area (Å²) in [5.74, 6) is 0.984. The van der Waals surface area contributed by atoms with Gasteiger partial charge in [-0.25, -0.2) is 0 Å². The molecule has 0 aliphatic heterocycles. The second-order valence-corrected chi connectivity index (χ2v) is 4.08. The Hall–Kier alpha value is -1.28. The summed E-state index contributed by atoms with van der Waals surface area (Å²) in [6, 6.07) is 2.14. The average molecular weight is 222 g/mol. The highest BCUT2D eigenvalue weighted by Gasteiger charge is 2.02. The van der Waals surface area contributed by atoms with E-state index in [4.69, 9.17) is 5.26 Å². The van der Waals surface area contributed by atoms with Crippen molar-refractivity contribution >= 4 is 11.8 Å². The van der Waals surface area contributed by atoms with Crippen molar-refractivity contribution in [3.63, 3.8) is 0 Å². The molecule has 0 unspecified atom stereocenters. The fourth-order valence-electron chi connectivity index (χ4n) is 1.09. The van der Waals surface area contributed by atoms with E-state index in [2.05, 4.69) is 22.8 Å². The zero-order chi connectivity index (χ0) is 10.9. The molecule has 0 atom stereocenters. The van der Waals surface area contributed by atoms with E-state index in [9.17, 15) is 0 Å². The Kier molecular flexibility index (Phi) is 5.56. The molecular weight excluding hydrogens is 208 g/mol. The molecule has 15 heavy (non-hydrogen) atoms. The number of hydrogen-bond acceptors (Lipinski definition) is 4. The molecule has 0 radical (unpaired) electrons. The van der Waals surface area contributed by atoms with Crippen LogP contribution in [0.15, 0.2) is 24.1 Å². The molecule has 5 heteroatoms. The van der Waals surface area contributed by atoms with Crippen LogP contribution in [0.25, 0.3) is 0 Å². The molecule has 80 valence electrons. The minimum Gasteiger partial charge on any atom is -0.305 e. The number of aromatic nitrogens is 3. The summed E-state index contributed by atoms with van der Waals surface area (Å²) in [4.78, 5) is 0. The van der Waals surface area contributed by atoms with Crippen LogP contribution in [0.1, 0.15) is 19.3 Å². The fraction of sp³-hybridized carbons (Fsp3) is 0.500. The van der Waals surface area contributed by atoms with E-state index in [0.717, 1.165) is 30.3 Å². The minimum absolute atomic E-state index is 0.639. The van der Waals surface area contributed by atoms with Crippen molar-refractivity contribution in [2.24, 2.45) is 0 Å². The molecule has 0 spiro atoms. The number of unbranched alkanes of at least 4 members (excludes halogenated alkanes) is 2. The zero-order valence-electron chi connectivity index (χ0n) is 8.59. The largest absolute Gasteiger partial charge is 0.305 e. The van der Waals surface area contributed by atoms with Gasteiger partial charge in [0.1, 0.15) is 6.33 Å². The molecule has 4 nitrogen and oxygen atoms in total. The van der Waals surface area contributed by atoms with E-state index in [1.807, 2.05) is 10.6 Å². The normalized spacial score (nSPS) is 9.80. The van der Waals surface area contributed by atoms with Gasteiger partial charge in [0.2, 0.25) is 0 Å². The lowest BCUT2D eigenvalue weighted by molar-refractivity contribution is 0.723. The third kappa shape index (κ3) is 4.17. The predicted molar refractivity (Wildman–Crippen MR) is 60.4 cm³/mol. The molecule has 0 fully saturated rings. The zero-order valence-corrected chi connectivity index (χ0v) is 9.41. The summed E-state index contributed by atoms with van der Waals surface area (Å²) >= 11 is 1.68. The third-order valence-corrected chi connectivity index (χ3v) is 2.89. The SMILES string of the molecule is C=CCn1cnnc1SCCCCC#N. The Balaban J connectivity index is 2.27. The highest BCUT2D eigenvalue weighted by molar-refractivity contribution is 7.99. The number of thioether (sulfide) groups is 1. The number of rotatable bonds is 7. The molecule has 0 saturated heterocycles. The summed E-state index contributed by atoms with van der Waals surface area (Å²) in [6.45, 7) is 4.42. The van der Waals surface area contributed by atoms with Crippen LogP contribution in [0.3, 0.4) is 0 Å². The molecule has 0 bridgehead atoms. The summed E-state index contributed by atoms with van der Waals surface area (Å²) < 4.78 is 1.96. The molecule has 0 aliphatic rings. The van der Waals surface area contributed by atoms with Crippen LogP contribution in [0, 0.1) is 11.3 Å². The minimum atomic E-state index is 0.639. The Morgan fingerprint density at radius 3 is 3.20 bits per heavy atom. The highest BCUT2D eigenvalue weighted by atomic mass is 32.2. The summed E-state index contributed by atoms with van der Waals surface area (Å²) in [5, 5.41) is 17.2. The fourth-order valence-corrected chi connectivity index (χ4v) is 2.01. The van der Waals surface area contributed by atoms with Gasteiger partial charge in [-0.15, -0.1) is 16.8 Å². The Morgan fingerprint density at radius 1 is 1.60 bits per heavy atom. The molecule has 0 N–H and O–H groups in total. The van der Waals surface area contributed by atoms with Crippen LogP contribution >= 0.6 is 11.8 Å². The maximum absolute atomic E-state index is 8.37. The van der Waals surface area contributed by atoms with E-state index in [1.165, 1.54) is 0 Å². The Labute approximate surface area is 94.0 Å². The van der Waals surface area contributed by atoms with Crippen molar-refractivity contribution in [3.8, 4) is 6.07 Å². The average Bonchev–Trinajstić information content (AvgIpc) is 2.66. The van der Waals surface area contributed by atoms with Crippen molar-refractivity contribution in [3.05, 3.63) is 19.0 Å². The number of nitrogens with zero attached hydrogens (tertiary/aromatic N) is 4. The van der Waals surface area contributed by atoms with E-state index in [-0.39, 0.29) is 0 Å². The first-order chi connectivity index (χ1) is 7.38. The van der Waals surface area contributed by atoms with Crippen molar-refractivity contribution in [2.45, 2.75) is 31.0 Å². The molecule has 0 saturated carbocycles. The van der Waals surface area contributed by atoms with E-state index < -0.39 is 0 Å². The third-order valence-electron chi connectivity index (χ3n) is 1.82. The van der Waals surface area contributed by atoms with Gasteiger partial charge in [0, 0.05) is 18.7 Å². The van der Waals surface area contributed by atoms with Gasteiger partial charge >= 0.3 is 0 Å². The van der Waals surface area contributed by atoms with Crippen molar-refractivity contribution in [1.82, 2.24) is 14.8 Å². The smallest absolute Gasteiger partial charge is 0.191 e. The van der Waals surface area contributed by atoms with E-state index >= 15 is 0 Å². The molecule has 1 aromatic rings. The first-order valence-corrected chi connectivity index (χ1v) is 5.85. The molecule has 0 amide bonds. The first-order valence-electron chi connectivity index (χ1n) is 4.87. The molecule has 1 rings (SSSR count). The Morgan fingerprint density at radius 2 is 2.47 bits per heavy atom. The molecule has 1 heterocycles. The second kappa shape index (κ2) is 7.07. The first kappa shape index (κ1) is 11.8. The van der Waals surface area contributed by atoms with E-state index in [1.54, 1.807) is 18.1 Å². The molecular formula is C10H14N4S. The van der Waals surface area contributed by atoms with Gasteiger partial charge in [-0.05, 0) is 12.8 Å². The van der Waals surface area contributed by atoms with Gasteiger partial charge in [0.05, 0.1) is 6.07 Å². The topological polar surface area (TPSA) is 54.5 Å². The maximum atomic E-state index is 8.37. The molecule has 1 aromatic heterocycles. The predicted octanol–water partition coefficient (Wildman–Crippen LogP) is 2.25. The van der Waals surface area contributed by atoms with Crippen LogP contribution in [-0.4, -0.2) is 20.5 Å². The van der Waals surface area contributed by atoms with Gasteiger partial charge in [-0.2, -0.15) is 5.26 Å². The highest BCUT2D eigenvalue weighted by Crippen LogP contribution is 2.16. The molecule has 0 aliphatic carbocycles. The monoisotopic (exact) mass is 222 g/mol. The van der Waals surface area contributed by atoms with Crippen molar-refractivity contribution < 1.29 is 0 Å². The van der Waals surface area contributed by atoms with Crippen LogP contribution in [0.4, 0.5) is 0 Å². The lowest BCUT2D eigenvalue weighted by Gasteiger charge is -2.01. The number of nitriles is 1. The quantitative estimate of drug-likeness (QED) is 0.403.